The Morgan fingerprint density at radius 1 is 1.19 bits per heavy atom. The van der Waals surface area contributed by atoms with E-state index in [2.05, 4.69) is 16.3 Å². The van der Waals surface area contributed by atoms with Gasteiger partial charge in [-0.05, 0) is 25.3 Å². The third kappa shape index (κ3) is 3.10. The van der Waals surface area contributed by atoms with E-state index in [9.17, 15) is 18.4 Å². The number of nitrogens with zero attached hydrogens (tertiary/aromatic N) is 4. The van der Waals surface area contributed by atoms with Crippen LogP contribution in [0, 0.1) is 22.7 Å². The van der Waals surface area contributed by atoms with Gasteiger partial charge >= 0.3 is 6.18 Å². The van der Waals surface area contributed by atoms with Gasteiger partial charge in [0.05, 0.1) is 17.1 Å². The Balaban J connectivity index is 1.79. The van der Waals surface area contributed by atoms with Crippen molar-refractivity contribution in [3.63, 3.8) is 0 Å². The van der Waals surface area contributed by atoms with Gasteiger partial charge in [-0.3, -0.25) is 0 Å². The number of benzene rings is 1. The molecule has 2 aliphatic rings. The molecule has 8 heteroatoms. The Labute approximate surface area is 154 Å². The second kappa shape index (κ2) is 6.64. The standard InChI is InChI=1S/C19H19F3N4O/c20-19(21,22)16-5-8-26(12-18(16)6-9-27-10-7-18)17-13-3-1-2-4-14(13)24-25-15(17)11-23/h1-4,16H,5-10,12H2. The van der Waals surface area contributed by atoms with Crippen LogP contribution in [0.5, 0.6) is 0 Å². The summed E-state index contributed by atoms with van der Waals surface area (Å²) in [5.74, 6) is -1.35. The molecule has 2 saturated heterocycles. The highest BCUT2D eigenvalue weighted by molar-refractivity contribution is 5.93. The zero-order valence-corrected chi connectivity index (χ0v) is 14.7. The third-order valence-electron chi connectivity index (χ3n) is 5.88. The van der Waals surface area contributed by atoms with E-state index in [0.29, 0.717) is 37.3 Å². The minimum atomic E-state index is -4.24. The van der Waals surface area contributed by atoms with Crippen LogP contribution < -0.4 is 4.90 Å². The summed E-state index contributed by atoms with van der Waals surface area (Å²) in [6.07, 6.45) is -3.50. The van der Waals surface area contributed by atoms with Crippen molar-refractivity contribution in [3.05, 3.63) is 30.0 Å². The summed E-state index contributed by atoms with van der Waals surface area (Å²) in [6.45, 7) is 1.14. The lowest BCUT2D eigenvalue weighted by atomic mass is 9.65. The molecular formula is C19H19F3N4O. The predicted molar refractivity (Wildman–Crippen MR) is 93.1 cm³/mol. The Kier molecular flexibility index (Phi) is 4.42. The van der Waals surface area contributed by atoms with Gasteiger partial charge in [-0.2, -0.15) is 18.4 Å². The number of hydrogen-bond donors (Lipinski definition) is 0. The molecule has 27 heavy (non-hydrogen) atoms. The first-order valence-corrected chi connectivity index (χ1v) is 8.99. The van der Waals surface area contributed by atoms with E-state index in [1.807, 2.05) is 23.1 Å². The fourth-order valence-electron chi connectivity index (χ4n) is 4.58. The number of ether oxygens (including phenoxy) is 1. The van der Waals surface area contributed by atoms with Crippen molar-refractivity contribution >= 4 is 16.6 Å². The smallest absolute Gasteiger partial charge is 0.381 e. The second-order valence-corrected chi connectivity index (χ2v) is 7.31. The van der Waals surface area contributed by atoms with E-state index in [1.54, 1.807) is 6.07 Å². The molecule has 4 rings (SSSR count). The molecule has 2 aliphatic heterocycles. The quantitative estimate of drug-likeness (QED) is 0.760. The highest BCUT2D eigenvalue weighted by Crippen LogP contribution is 2.52. The number of nitriles is 1. The van der Waals surface area contributed by atoms with E-state index in [0.717, 1.165) is 5.39 Å². The monoisotopic (exact) mass is 376 g/mol. The van der Waals surface area contributed by atoms with Gasteiger partial charge in [0.1, 0.15) is 6.07 Å². The normalized spacial score (nSPS) is 22.7. The lowest BCUT2D eigenvalue weighted by molar-refractivity contribution is -0.223. The van der Waals surface area contributed by atoms with Gasteiger partial charge in [-0.15, -0.1) is 10.2 Å². The lowest BCUT2D eigenvalue weighted by Crippen LogP contribution is -2.55. The number of piperidine rings is 1. The average Bonchev–Trinajstić information content (AvgIpc) is 2.66. The maximum Gasteiger partial charge on any atom is 0.392 e. The van der Waals surface area contributed by atoms with E-state index in [-0.39, 0.29) is 25.2 Å². The van der Waals surface area contributed by atoms with Crippen LogP contribution in [0.4, 0.5) is 18.9 Å². The first kappa shape index (κ1) is 18.0. The number of anilines is 1. The fraction of sp³-hybridized carbons (Fsp3) is 0.526. The molecule has 1 atom stereocenters. The Hall–Kier alpha value is -2.40. The minimum absolute atomic E-state index is 0.00498. The molecule has 0 bridgehead atoms. The number of hydrogen-bond acceptors (Lipinski definition) is 5. The van der Waals surface area contributed by atoms with E-state index in [1.165, 1.54) is 0 Å². The van der Waals surface area contributed by atoms with E-state index in [4.69, 9.17) is 4.74 Å². The summed E-state index contributed by atoms with van der Waals surface area (Å²) in [5.41, 5.74) is 0.479. The predicted octanol–water partition coefficient (Wildman–Crippen LogP) is 3.69. The van der Waals surface area contributed by atoms with Crippen LogP contribution in [0.25, 0.3) is 10.9 Å². The molecule has 0 amide bonds. The van der Waals surface area contributed by atoms with Crippen LogP contribution in [0.1, 0.15) is 25.0 Å². The molecule has 5 nitrogen and oxygen atoms in total. The summed E-state index contributed by atoms with van der Waals surface area (Å²) in [7, 11) is 0. The SMILES string of the molecule is N#Cc1nnc2ccccc2c1N1CCC(C(F)(F)F)C2(CCOCC2)C1. The van der Waals surface area contributed by atoms with Gasteiger partial charge in [0.25, 0.3) is 0 Å². The van der Waals surface area contributed by atoms with E-state index >= 15 is 0 Å². The molecular weight excluding hydrogens is 357 g/mol. The number of rotatable bonds is 1. The topological polar surface area (TPSA) is 62.0 Å². The van der Waals surface area contributed by atoms with Crippen molar-refractivity contribution < 1.29 is 17.9 Å². The fourth-order valence-corrected chi connectivity index (χ4v) is 4.58. The van der Waals surface area contributed by atoms with Crippen molar-refractivity contribution in [1.82, 2.24) is 10.2 Å². The van der Waals surface area contributed by atoms with Gasteiger partial charge in [0.2, 0.25) is 0 Å². The summed E-state index contributed by atoms with van der Waals surface area (Å²) in [6, 6.07) is 9.34. The number of alkyl halides is 3. The largest absolute Gasteiger partial charge is 0.392 e. The van der Waals surface area contributed by atoms with Crippen LogP contribution in [0.3, 0.4) is 0 Å². The Morgan fingerprint density at radius 2 is 1.93 bits per heavy atom. The molecule has 0 N–H and O–H groups in total. The molecule has 2 aromatic rings. The first-order valence-electron chi connectivity index (χ1n) is 8.99. The molecule has 0 aliphatic carbocycles. The summed E-state index contributed by atoms with van der Waals surface area (Å²) >= 11 is 0. The van der Waals surface area contributed by atoms with Crippen LogP contribution in [-0.2, 0) is 4.74 Å². The molecule has 1 spiro atoms. The van der Waals surface area contributed by atoms with Gasteiger partial charge in [0.15, 0.2) is 5.69 Å². The van der Waals surface area contributed by atoms with Crippen LogP contribution >= 0.6 is 0 Å². The lowest BCUT2D eigenvalue weighted by Gasteiger charge is -2.51. The Bertz CT molecular complexity index is 887. The minimum Gasteiger partial charge on any atom is -0.381 e. The van der Waals surface area contributed by atoms with E-state index < -0.39 is 17.5 Å². The van der Waals surface area contributed by atoms with Crippen LogP contribution in [0.2, 0.25) is 0 Å². The van der Waals surface area contributed by atoms with Crippen LogP contribution in [-0.4, -0.2) is 42.7 Å². The van der Waals surface area contributed by atoms with Crippen molar-refractivity contribution in [3.8, 4) is 6.07 Å². The maximum absolute atomic E-state index is 13.8. The third-order valence-corrected chi connectivity index (χ3v) is 5.88. The molecule has 0 saturated carbocycles. The second-order valence-electron chi connectivity index (χ2n) is 7.31. The highest BCUT2D eigenvalue weighted by Gasteiger charge is 2.56. The van der Waals surface area contributed by atoms with Gasteiger partial charge < -0.3 is 9.64 Å². The van der Waals surface area contributed by atoms with Crippen molar-refractivity contribution in [2.75, 3.05) is 31.2 Å². The molecule has 1 unspecified atom stereocenters. The molecule has 1 aromatic heterocycles. The number of halogens is 3. The van der Waals surface area contributed by atoms with Gasteiger partial charge in [-0.25, -0.2) is 0 Å². The summed E-state index contributed by atoms with van der Waals surface area (Å²) in [5, 5.41) is 18.3. The van der Waals surface area contributed by atoms with Crippen LogP contribution in [0.15, 0.2) is 24.3 Å². The van der Waals surface area contributed by atoms with Crippen molar-refractivity contribution in [2.24, 2.45) is 11.3 Å². The molecule has 2 fully saturated rings. The molecule has 0 radical (unpaired) electrons. The maximum atomic E-state index is 13.8. The molecule has 1 aromatic carbocycles. The van der Waals surface area contributed by atoms with Crippen molar-refractivity contribution in [1.29, 1.82) is 5.26 Å². The molecule has 3 heterocycles. The Morgan fingerprint density at radius 3 is 2.63 bits per heavy atom. The zero-order chi connectivity index (χ0) is 19.1. The van der Waals surface area contributed by atoms with Gasteiger partial charge in [0, 0.05) is 37.1 Å². The summed E-state index contributed by atoms with van der Waals surface area (Å²) in [4.78, 5) is 1.91. The highest BCUT2D eigenvalue weighted by atomic mass is 19.4. The zero-order valence-electron chi connectivity index (χ0n) is 14.7. The number of fused-ring (bicyclic) bond motifs is 1. The molecule has 142 valence electrons. The first-order chi connectivity index (χ1) is 12.9. The summed E-state index contributed by atoms with van der Waals surface area (Å²) < 4.78 is 46.6. The average molecular weight is 376 g/mol. The van der Waals surface area contributed by atoms with Gasteiger partial charge in [-0.1, -0.05) is 18.2 Å². The number of aromatic nitrogens is 2. The van der Waals surface area contributed by atoms with Crippen molar-refractivity contribution in [2.45, 2.75) is 25.4 Å².